The Bertz CT molecular complexity index is 3810. The van der Waals surface area contributed by atoms with Crippen LogP contribution in [0.25, 0.3) is 117 Å². The second-order valence-electron chi connectivity index (χ2n) is 15.8. The summed E-state index contributed by atoms with van der Waals surface area (Å²) >= 11 is 0. The third-order valence-corrected chi connectivity index (χ3v) is 12.4. The van der Waals surface area contributed by atoms with Gasteiger partial charge >= 0.3 is 0 Å². The maximum Gasteiger partial charge on any atom is 0.168 e. The highest BCUT2D eigenvalue weighted by Gasteiger charge is 2.22. The molecule has 0 saturated carbocycles. The highest BCUT2D eigenvalue weighted by Crippen LogP contribution is 2.43. The van der Waals surface area contributed by atoms with Crippen LogP contribution in [0.3, 0.4) is 0 Å². The summed E-state index contributed by atoms with van der Waals surface area (Å²) in [6.45, 7) is 0. The van der Waals surface area contributed by atoms with Crippen molar-refractivity contribution >= 4 is 65.6 Å². The fraction of sp³-hybridized carbons (Fsp3) is 0. The molecule has 0 aliphatic heterocycles. The zero-order valence-corrected chi connectivity index (χ0v) is 33.4. The van der Waals surface area contributed by atoms with Crippen LogP contribution in [0.5, 0.6) is 0 Å². The monoisotopic (exact) mass is 793 g/mol. The van der Waals surface area contributed by atoms with Gasteiger partial charge in [0, 0.05) is 49.3 Å². The molecule has 9 aromatic carbocycles. The summed E-state index contributed by atoms with van der Waals surface area (Å²) in [5.74, 6) is 1.59. The highest BCUT2D eigenvalue weighted by atomic mass is 16.3. The molecule has 6 heteroatoms. The number of rotatable bonds is 6. The van der Waals surface area contributed by atoms with Crippen LogP contribution in [0.2, 0.25) is 0 Å². The van der Waals surface area contributed by atoms with Crippen LogP contribution >= 0.6 is 0 Å². The first-order valence-corrected chi connectivity index (χ1v) is 20.9. The lowest BCUT2D eigenvalue weighted by Crippen LogP contribution is -2.01. The number of nitrogens with zero attached hydrogens (tertiary/aromatic N) is 5. The van der Waals surface area contributed by atoms with Gasteiger partial charge in [0.1, 0.15) is 11.2 Å². The van der Waals surface area contributed by atoms with Gasteiger partial charge in [0.05, 0.1) is 38.8 Å². The number of hydrogen-bond acceptors (Lipinski definition) is 3. The van der Waals surface area contributed by atoms with Gasteiger partial charge in [-0.05, 0) is 72.3 Å². The maximum atomic E-state index is 6.42. The summed E-state index contributed by atoms with van der Waals surface area (Å²) in [6.07, 6.45) is 0. The molecule has 0 saturated heterocycles. The van der Waals surface area contributed by atoms with Gasteiger partial charge in [-0.25, -0.2) is 0 Å². The van der Waals surface area contributed by atoms with Crippen molar-refractivity contribution in [3.63, 3.8) is 0 Å². The lowest BCUT2D eigenvalue weighted by atomic mass is 10.0. The van der Waals surface area contributed by atoms with Crippen molar-refractivity contribution in [1.29, 1.82) is 0 Å². The first kappa shape index (κ1) is 34.4. The van der Waals surface area contributed by atoms with Crippen molar-refractivity contribution in [2.75, 3.05) is 0 Å². The van der Waals surface area contributed by atoms with E-state index in [0.29, 0.717) is 0 Å². The van der Waals surface area contributed by atoms with Gasteiger partial charge < -0.3 is 13.6 Å². The summed E-state index contributed by atoms with van der Waals surface area (Å²) in [7, 11) is 0. The van der Waals surface area contributed by atoms with Crippen molar-refractivity contribution in [3.8, 4) is 51.0 Å². The number of furan rings is 1. The van der Waals surface area contributed by atoms with E-state index in [9.17, 15) is 0 Å². The van der Waals surface area contributed by atoms with Crippen molar-refractivity contribution < 1.29 is 4.42 Å². The Hall–Kier alpha value is -8.48. The van der Waals surface area contributed by atoms with E-state index in [2.05, 4.69) is 184 Å². The van der Waals surface area contributed by atoms with Crippen LogP contribution in [0, 0.1) is 0 Å². The molecule has 62 heavy (non-hydrogen) atoms. The smallest absolute Gasteiger partial charge is 0.168 e. The Labute approximate surface area is 355 Å². The molecule has 0 atom stereocenters. The number of para-hydroxylation sites is 4. The zero-order valence-electron chi connectivity index (χ0n) is 33.4. The van der Waals surface area contributed by atoms with Crippen LogP contribution in [0.1, 0.15) is 0 Å². The van der Waals surface area contributed by atoms with Gasteiger partial charge in [-0.15, -0.1) is 10.2 Å². The third kappa shape index (κ3) is 5.10. The van der Waals surface area contributed by atoms with E-state index in [1.54, 1.807) is 0 Å². The van der Waals surface area contributed by atoms with E-state index in [0.717, 1.165) is 100 Å². The van der Waals surface area contributed by atoms with Gasteiger partial charge in [-0.3, -0.25) is 4.57 Å². The third-order valence-electron chi connectivity index (χ3n) is 12.4. The molecule has 0 aliphatic rings. The van der Waals surface area contributed by atoms with Crippen molar-refractivity contribution in [3.05, 3.63) is 212 Å². The number of aromatic nitrogens is 5. The van der Waals surface area contributed by atoms with Crippen molar-refractivity contribution in [1.82, 2.24) is 23.9 Å². The van der Waals surface area contributed by atoms with Gasteiger partial charge in [-0.2, -0.15) is 0 Å². The number of fused-ring (bicyclic) bond motifs is 10. The van der Waals surface area contributed by atoms with Gasteiger partial charge in [0.2, 0.25) is 0 Å². The highest BCUT2D eigenvalue weighted by molar-refractivity contribution is 6.24. The first-order chi connectivity index (χ1) is 30.8. The first-order valence-electron chi connectivity index (χ1n) is 20.9. The molecule has 290 valence electrons. The molecule has 0 aliphatic carbocycles. The topological polar surface area (TPSA) is 53.7 Å². The maximum absolute atomic E-state index is 6.42. The minimum absolute atomic E-state index is 0.794. The molecule has 13 aromatic rings. The molecule has 4 heterocycles. The lowest BCUT2D eigenvalue weighted by molar-refractivity contribution is 0.669. The summed E-state index contributed by atoms with van der Waals surface area (Å²) in [5, 5.41) is 16.5. The standard InChI is InChI=1S/C56H35N5O/c1-3-16-36(17-4-1)55-57-58-56(37-18-5-2-6-19-37)60(55)40-30-32-50-46(35-40)43-24-9-13-28-49(43)61(50)47-26-11-7-22-41(47)38-20-15-21-39(34-38)59-48-27-12-8-23-42(48)44-31-33-52-53(54(44)59)45-25-10-14-29-51(45)62-52/h1-35H. The van der Waals surface area contributed by atoms with E-state index in [1.165, 1.54) is 16.2 Å². The minimum atomic E-state index is 0.794. The Balaban J connectivity index is 1.01. The van der Waals surface area contributed by atoms with Crippen LogP contribution in [0.15, 0.2) is 217 Å². The fourth-order valence-electron chi connectivity index (χ4n) is 9.70. The molecular formula is C56H35N5O. The normalized spacial score (nSPS) is 11.9. The van der Waals surface area contributed by atoms with Crippen molar-refractivity contribution in [2.45, 2.75) is 0 Å². The Morgan fingerprint density at radius 2 is 0.919 bits per heavy atom. The van der Waals surface area contributed by atoms with Crippen molar-refractivity contribution in [2.24, 2.45) is 0 Å². The van der Waals surface area contributed by atoms with E-state index < -0.39 is 0 Å². The minimum Gasteiger partial charge on any atom is -0.456 e. The predicted octanol–water partition coefficient (Wildman–Crippen LogP) is 14.4. The van der Waals surface area contributed by atoms with E-state index in [1.807, 2.05) is 42.5 Å². The van der Waals surface area contributed by atoms with Gasteiger partial charge in [-0.1, -0.05) is 146 Å². The molecule has 6 nitrogen and oxygen atoms in total. The molecule has 0 unspecified atom stereocenters. The summed E-state index contributed by atoms with van der Waals surface area (Å²) in [5.41, 5.74) is 13.8. The lowest BCUT2D eigenvalue weighted by Gasteiger charge is -2.16. The quantitative estimate of drug-likeness (QED) is 0.168. The number of benzene rings is 9. The molecule has 0 radical (unpaired) electrons. The Kier molecular flexibility index (Phi) is 7.50. The SMILES string of the molecule is c1ccc(-c2nnc(-c3ccccc3)n2-c2ccc3c(c2)c2ccccc2n3-c2ccccc2-c2cccc(-n3c4ccccc4c4ccc5oc6ccccc6c5c43)c2)cc1. The van der Waals surface area contributed by atoms with Crippen LogP contribution < -0.4 is 0 Å². The van der Waals surface area contributed by atoms with Crippen LogP contribution in [-0.2, 0) is 0 Å². The summed E-state index contributed by atoms with van der Waals surface area (Å²) < 4.78 is 13.4. The second kappa shape index (κ2) is 13.5. The van der Waals surface area contributed by atoms with E-state index >= 15 is 0 Å². The average Bonchev–Trinajstić information content (AvgIpc) is 4.11. The molecule has 4 aromatic heterocycles. The molecule has 0 spiro atoms. The van der Waals surface area contributed by atoms with Crippen LogP contribution in [0.4, 0.5) is 0 Å². The molecule has 0 N–H and O–H groups in total. The predicted molar refractivity (Wildman–Crippen MR) is 254 cm³/mol. The molecule has 13 rings (SSSR count). The van der Waals surface area contributed by atoms with Crippen LogP contribution in [-0.4, -0.2) is 23.9 Å². The van der Waals surface area contributed by atoms with E-state index in [4.69, 9.17) is 14.6 Å². The van der Waals surface area contributed by atoms with Gasteiger partial charge in [0.25, 0.3) is 0 Å². The second-order valence-corrected chi connectivity index (χ2v) is 15.8. The Morgan fingerprint density at radius 3 is 1.68 bits per heavy atom. The Morgan fingerprint density at radius 1 is 0.339 bits per heavy atom. The van der Waals surface area contributed by atoms with E-state index in [-0.39, 0.29) is 0 Å². The summed E-state index contributed by atoms with van der Waals surface area (Å²) in [6, 6.07) is 75.2. The number of hydrogen-bond donors (Lipinski definition) is 0. The largest absolute Gasteiger partial charge is 0.456 e. The molecular weight excluding hydrogens is 759 g/mol. The molecule has 0 fully saturated rings. The average molecular weight is 794 g/mol. The fourth-order valence-corrected chi connectivity index (χ4v) is 9.70. The molecule has 0 bridgehead atoms. The molecule has 0 amide bonds. The van der Waals surface area contributed by atoms with Gasteiger partial charge in [0.15, 0.2) is 11.6 Å². The zero-order chi connectivity index (χ0) is 40.7. The summed E-state index contributed by atoms with van der Waals surface area (Å²) in [4.78, 5) is 0.